The first-order valence-corrected chi connectivity index (χ1v) is 2.43. The molecule has 0 aliphatic carbocycles. The van der Waals surface area contributed by atoms with Gasteiger partial charge in [0.15, 0.2) is 0 Å². The van der Waals surface area contributed by atoms with Crippen molar-refractivity contribution in [1.82, 2.24) is 5.32 Å². The maximum Gasteiger partial charge on any atom is 0.409 e. The topological polar surface area (TPSA) is 38.3 Å². The van der Waals surface area contributed by atoms with E-state index in [9.17, 15) is 4.79 Å². The lowest BCUT2D eigenvalue weighted by atomic mass is 10.8. The first-order valence-electron chi connectivity index (χ1n) is 1.95. The maximum absolute atomic E-state index is 10.1. The molecule has 4 heteroatoms. The normalized spacial score (nSPS) is 7.71. The molecule has 42 valence electrons. The highest BCUT2D eigenvalue weighted by Gasteiger charge is 1.89. The number of rotatable bonds is 1. The van der Waals surface area contributed by atoms with Crippen molar-refractivity contribution in [2.75, 3.05) is 6.54 Å². The zero-order valence-corrected chi connectivity index (χ0v) is 5.26. The van der Waals surface area contributed by atoms with Gasteiger partial charge in [-0.25, -0.2) is 4.79 Å². The van der Waals surface area contributed by atoms with E-state index in [0.717, 1.165) is 0 Å². The molecular formula is C3H8NO2P. The van der Waals surface area contributed by atoms with E-state index in [1.807, 2.05) is 16.4 Å². The van der Waals surface area contributed by atoms with E-state index in [0.29, 0.717) is 6.54 Å². The summed E-state index contributed by atoms with van der Waals surface area (Å²) in [6.45, 7) is 2.43. The molecule has 1 amide bonds. The molecule has 0 aromatic carbocycles. The largest absolute Gasteiger partial charge is 0.435 e. The molecule has 1 unspecified atom stereocenters. The van der Waals surface area contributed by atoms with Crippen molar-refractivity contribution in [1.29, 1.82) is 0 Å². The summed E-state index contributed by atoms with van der Waals surface area (Å²) < 4.78 is 4.16. The van der Waals surface area contributed by atoms with Crippen LogP contribution in [0, 0.1) is 0 Å². The number of hydrogen-bond acceptors (Lipinski definition) is 2. The molecule has 0 bridgehead atoms. The van der Waals surface area contributed by atoms with Crippen molar-refractivity contribution in [3.8, 4) is 0 Å². The second kappa shape index (κ2) is 3.88. The Labute approximate surface area is 44.7 Å². The maximum atomic E-state index is 10.1. The first kappa shape index (κ1) is 6.70. The number of amides is 1. The summed E-state index contributed by atoms with van der Waals surface area (Å²) in [4.78, 5) is 10.1. The molecule has 0 radical (unpaired) electrons. The van der Waals surface area contributed by atoms with Crippen LogP contribution in [0.25, 0.3) is 0 Å². The Bertz CT molecular complexity index is 66.0. The molecule has 0 fully saturated rings. The van der Waals surface area contributed by atoms with Crippen LogP contribution in [-0.4, -0.2) is 12.6 Å². The van der Waals surface area contributed by atoms with Gasteiger partial charge in [-0.15, -0.1) is 0 Å². The Morgan fingerprint density at radius 3 is 2.71 bits per heavy atom. The van der Waals surface area contributed by atoms with Crippen LogP contribution in [0.4, 0.5) is 4.79 Å². The third kappa shape index (κ3) is 3.53. The average Bonchev–Trinajstić information content (AvgIpc) is 1.68. The van der Waals surface area contributed by atoms with Crippen LogP contribution < -0.4 is 5.32 Å². The number of hydrogen-bond donors (Lipinski definition) is 1. The Balaban J connectivity index is 3.00. The van der Waals surface area contributed by atoms with Gasteiger partial charge in [0.1, 0.15) is 0 Å². The quantitative estimate of drug-likeness (QED) is 0.513. The van der Waals surface area contributed by atoms with Crippen molar-refractivity contribution in [2.24, 2.45) is 0 Å². The minimum atomic E-state index is -0.410. The van der Waals surface area contributed by atoms with Crippen LogP contribution in [0.5, 0.6) is 0 Å². The second-order valence-electron chi connectivity index (χ2n) is 0.936. The zero-order valence-electron chi connectivity index (χ0n) is 4.10. The molecule has 0 heterocycles. The Kier molecular flexibility index (Phi) is 3.71. The van der Waals surface area contributed by atoms with Crippen molar-refractivity contribution in [3.63, 3.8) is 0 Å². The van der Waals surface area contributed by atoms with Gasteiger partial charge in [-0.2, -0.15) is 0 Å². The highest BCUT2D eigenvalue weighted by atomic mass is 31.0. The molecule has 0 spiro atoms. The molecule has 0 aliphatic rings. The molecule has 3 nitrogen and oxygen atoms in total. The van der Waals surface area contributed by atoms with E-state index in [4.69, 9.17) is 0 Å². The third-order valence-electron chi connectivity index (χ3n) is 0.428. The van der Waals surface area contributed by atoms with Gasteiger partial charge in [0.25, 0.3) is 0 Å². The minimum absolute atomic E-state index is 0.410. The Hall–Kier alpha value is -0.300. The van der Waals surface area contributed by atoms with Gasteiger partial charge < -0.3 is 9.84 Å². The van der Waals surface area contributed by atoms with Crippen molar-refractivity contribution >= 4 is 15.6 Å². The summed E-state index contributed by atoms with van der Waals surface area (Å²) in [5, 5.41) is 2.41. The van der Waals surface area contributed by atoms with Gasteiger partial charge in [-0.1, -0.05) is 0 Å². The van der Waals surface area contributed by atoms with E-state index in [1.165, 1.54) is 0 Å². The summed E-state index contributed by atoms with van der Waals surface area (Å²) in [5.41, 5.74) is 0. The minimum Gasteiger partial charge on any atom is -0.435 e. The fourth-order valence-corrected chi connectivity index (χ4v) is 0.269. The second-order valence-corrected chi connectivity index (χ2v) is 1.17. The highest BCUT2D eigenvalue weighted by Crippen LogP contribution is 1.82. The summed E-state index contributed by atoms with van der Waals surface area (Å²) >= 11 is 0. The van der Waals surface area contributed by atoms with E-state index in [2.05, 4.69) is 9.84 Å². The standard InChI is InChI=1S/C3H8NO2P/c1-2-4-3(5)6-7/h2,7H2,1H3,(H,4,5). The smallest absolute Gasteiger partial charge is 0.409 e. The number of nitrogens with one attached hydrogen (secondary N) is 1. The van der Waals surface area contributed by atoms with Gasteiger partial charge in [0.05, 0.1) is 9.47 Å². The van der Waals surface area contributed by atoms with E-state index in [1.54, 1.807) is 0 Å². The van der Waals surface area contributed by atoms with Crippen LogP contribution >= 0.6 is 9.47 Å². The summed E-state index contributed by atoms with van der Waals surface area (Å²) in [6.07, 6.45) is -0.410. The molecule has 0 saturated carbocycles. The van der Waals surface area contributed by atoms with E-state index >= 15 is 0 Å². The zero-order chi connectivity index (χ0) is 5.70. The van der Waals surface area contributed by atoms with Gasteiger partial charge in [0, 0.05) is 6.54 Å². The van der Waals surface area contributed by atoms with Crippen molar-refractivity contribution in [2.45, 2.75) is 6.92 Å². The molecule has 1 N–H and O–H groups in total. The lowest BCUT2D eigenvalue weighted by Crippen LogP contribution is -2.20. The third-order valence-corrected chi connectivity index (χ3v) is 0.642. The summed E-state index contributed by atoms with van der Waals surface area (Å²) in [7, 11) is 1.86. The van der Waals surface area contributed by atoms with Crippen LogP contribution in [0.3, 0.4) is 0 Å². The lowest BCUT2D eigenvalue weighted by Gasteiger charge is -1.94. The van der Waals surface area contributed by atoms with Crippen LogP contribution in [0.2, 0.25) is 0 Å². The van der Waals surface area contributed by atoms with Gasteiger partial charge >= 0.3 is 6.09 Å². The van der Waals surface area contributed by atoms with Gasteiger partial charge in [-0.05, 0) is 6.92 Å². The lowest BCUT2D eigenvalue weighted by molar-refractivity contribution is 0.208. The SMILES string of the molecule is CCNC(=O)OP. The fourth-order valence-electron chi connectivity index (χ4n) is 0.186. The molecular weight excluding hydrogens is 113 g/mol. The molecule has 7 heavy (non-hydrogen) atoms. The Morgan fingerprint density at radius 1 is 2.00 bits per heavy atom. The first-order chi connectivity index (χ1) is 3.31. The van der Waals surface area contributed by atoms with Crippen LogP contribution in [0.15, 0.2) is 0 Å². The number of carbonyl (C=O) groups excluding carboxylic acids is 1. The predicted octanol–water partition coefficient (Wildman–Crippen LogP) is 0.523. The fraction of sp³-hybridized carbons (Fsp3) is 0.667. The van der Waals surface area contributed by atoms with Crippen molar-refractivity contribution < 1.29 is 9.32 Å². The van der Waals surface area contributed by atoms with Crippen LogP contribution in [0.1, 0.15) is 6.92 Å². The predicted molar refractivity (Wildman–Crippen MR) is 29.9 cm³/mol. The Morgan fingerprint density at radius 2 is 2.57 bits per heavy atom. The van der Waals surface area contributed by atoms with Crippen LogP contribution in [-0.2, 0) is 4.52 Å². The van der Waals surface area contributed by atoms with Gasteiger partial charge in [-0.3, -0.25) is 0 Å². The number of carbonyl (C=O) groups is 1. The molecule has 0 aliphatic heterocycles. The molecule has 0 saturated heterocycles. The summed E-state index contributed by atoms with van der Waals surface area (Å²) in [6, 6.07) is 0. The molecule has 0 aromatic heterocycles. The van der Waals surface area contributed by atoms with E-state index < -0.39 is 6.09 Å². The molecule has 0 aromatic rings. The average molecular weight is 121 g/mol. The van der Waals surface area contributed by atoms with E-state index in [-0.39, 0.29) is 0 Å². The monoisotopic (exact) mass is 121 g/mol. The highest BCUT2D eigenvalue weighted by molar-refractivity contribution is 7.10. The summed E-state index contributed by atoms with van der Waals surface area (Å²) in [5.74, 6) is 0. The van der Waals surface area contributed by atoms with Gasteiger partial charge in [0.2, 0.25) is 0 Å². The van der Waals surface area contributed by atoms with Crippen molar-refractivity contribution in [3.05, 3.63) is 0 Å². The molecule has 0 rings (SSSR count). The molecule has 1 atom stereocenters.